The van der Waals surface area contributed by atoms with Crippen LogP contribution in [0.25, 0.3) is 21.9 Å². The normalized spacial score (nSPS) is 11.9. The molecule has 0 spiro atoms. The molecule has 0 aliphatic rings. The van der Waals surface area contributed by atoms with Crippen LogP contribution in [0.3, 0.4) is 0 Å². The van der Waals surface area contributed by atoms with Crippen LogP contribution >= 0.6 is 0 Å². The fourth-order valence-corrected chi connectivity index (χ4v) is 3.17. The van der Waals surface area contributed by atoms with Gasteiger partial charge in [0.05, 0.1) is 0 Å². The molecule has 0 amide bonds. The van der Waals surface area contributed by atoms with Crippen molar-refractivity contribution in [3.8, 4) is 11.1 Å². The predicted molar refractivity (Wildman–Crippen MR) is 106 cm³/mol. The number of hydrogen-bond donors (Lipinski definition) is 0. The third-order valence-electron chi connectivity index (χ3n) is 4.50. The number of benzene rings is 3. The SMILES string of the molecule is CCCN=C(C)c1cc2cc(-c3cccc(C)c3)ccc2cc1C. The van der Waals surface area contributed by atoms with Crippen LogP contribution in [0.2, 0.25) is 0 Å². The Kier molecular flexibility index (Phi) is 4.80. The molecular weight excluding hydrogens is 290 g/mol. The summed E-state index contributed by atoms with van der Waals surface area (Å²) in [5.41, 5.74) is 7.52. The van der Waals surface area contributed by atoms with Gasteiger partial charge in [-0.15, -0.1) is 0 Å². The first-order valence-electron chi connectivity index (χ1n) is 8.71. The van der Waals surface area contributed by atoms with E-state index in [-0.39, 0.29) is 0 Å². The monoisotopic (exact) mass is 315 g/mol. The number of nitrogens with zero attached hydrogens (tertiary/aromatic N) is 1. The van der Waals surface area contributed by atoms with E-state index in [0.29, 0.717) is 0 Å². The third kappa shape index (κ3) is 3.41. The van der Waals surface area contributed by atoms with E-state index in [1.807, 2.05) is 0 Å². The van der Waals surface area contributed by atoms with Gasteiger partial charge in [-0.25, -0.2) is 0 Å². The minimum Gasteiger partial charge on any atom is -0.289 e. The molecule has 3 aromatic carbocycles. The van der Waals surface area contributed by atoms with Gasteiger partial charge in [0.15, 0.2) is 0 Å². The Morgan fingerprint density at radius 3 is 2.42 bits per heavy atom. The summed E-state index contributed by atoms with van der Waals surface area (Å²) in [6.07, 6.45) is 1.08. The van der Waals surface area contributed by atoms with Gasteiger partial charge >= 0.3 is 0 Å². The van der Waals surface area contributed by atoms with Gasteiger partial charge in [-0.2, -0.15) is 0 Å². The summed E-state index contributed by atoms with van der Waals surface area (Å²) in [4.78, 5) is 4.69. The Bertz CT molecular complexity index is 903. The molecule has 0 aliphatic heterocycles. The molecule has 122 valence electrons. The molecule has 0 N–H and O–H groups in total. The molecule has 1 nitrogen and oxygen atoms in total. The lowest BCUT2D eigenvalue weighted by molar-refractivity contribution is 0.931. The van der Waals surface area contributed by atoms with Gasteiger partial charge in [-0.3, -0.25) is 4.99 Å². The molecule has 3 rings (SSSR count). The highest BCUT2D eigenvalue weighted by molar-refractivity contribution is 6.04. The molecule has 3 aromatic rings. The molecule has 0 unspecified atom stereocenters. The molecule has 24 heavy (non-hydrogen) atoms. The average Bonchev–Trinajstić information content (AvgIpc) is 2.58. The van der Waals surface area contributed by atoms with Crippen LogP contribution in [0, 0.1) is 13.8 Å². The molecular formula is C23H25N. The summed E-state index contributed by atoms with van der Waals surface area (Å²) in [5.74, 6) is 0. The summed E-state index contributed by atoms with van der Waals surface area (Å²) in [6, 6.07) is 20.0. The molecule has 0 saturated carbocycles. The summed E-state index contributed by atoms with van der Waals surface area (Å²) < 4.78 is 0. The van der Waals surface area contributed by atoms with Gasteiger partial charge in [-0.1, -0.05) is 55.0 Å². The number of aryl methyl sites for hydroxylation is 2. The van der Waals surface area contributed by atoms with Gasteiger partial charge in [0.2, 0.25) is 0 Å². The van der Waals surface area contributed by atoms with Crippen molar-refractivity contribution >= 4 is 16.5 Å². The van der Waals surface area contributed by atoms with Gasteiger partial charge in [0, 0.05) is 12.3 Å². The van der Waals surface area contributed by atoms with Gasteiger partial charge in [0.1, 0.15) is 0 Å². The van der Waals surface area contributed by atoms with Crippen molar-refractivity contribution in [3.05, 3.63) is 71.3 Å². The van der Waals surface area contributed by atoms with Crippen LogP contribution < -0.4 is 0 Å². The Labute approximate surface area is 145 Å². The minimum atomic E-state index is 0.895. The lowest BCUT2D eigenvalue weighted by Crippen LogP contribution is -1.99. The molecule has 0 radical (unpaired) electrons. The number of aliphatic imine (C=N–C) groups is 1. The van der Waals surface area contributed by atoms with Crippen molar-refractivity contribution in [1.82, 2.24) is 0 Å². The second kappa shape index (κ2) is 7.00. The van der Waals surface area contributed by atoms with Crippen molar-refractivity contribution in [2.45, 2.75) is 34.1 Å². The number of rotatable bonds is 4. The van der Waals surface area contributed by atoms with Gasteiger partial charge < -0.3 is 0 Å². The van der Waals surface area contributed by atoms with E-state index in [1.165, 1.54) is 38.6 Å². The van der Waals surface area contributed by atoms with E-state index in [9.17, 15) is 0 Å². The zero-order valence-electron chi connectivity index (χ0n) is 15.1. The molecule has 0 aliphatic carbocycles. The van der Waals surface area contributed by atoms with Crippen molar-refractivity contribution in [2.24, 2.45) is 4.99 Å². The highest BCUT2D eigenvalue weighted by atomic mass is 14.7. The highest BCUT2D eigenvalue weighted by Gasteiger charge is 2.06. The summed E-state index contributed by atoms with van der Waals surface area (Å²) in [6.45, 7) is 9.49. The quantitative estimate of drug-likeness (QED) is 0.498. The predicted octanol–water partition coefficient (Wildman–Crippen LogP) is 6.34. The third-order valence-corrected chi connectivity index (χ3v) is 4.50. The van der Waals surface area contributed by atoms with E-state index < -0.39 is 0 Å². The van der Waals surface area contributed by atoms with Crippen LogP contribution in [0.15, 0.2) is 59.6 Å². The van der Waals surface area contributed by atoms with Crippen LogP contribution in [-0.2, 0) is 0 Å². The largest absolute Gasteiger partial charge is 0.289 e. The first-order valence-corrected chi connectivity index (χ1v) is 8.71. The van der Waals surface area contributed by atoms with E-state index in [4.69, 9.17) is 0 Å². The maximum atomic E-state index is 4.69. The van der Waals surface area contributed by atoms with E-state index >= 15 is 0 Å². The fraction of sp³-hybridized carbons (Fsp3) is 0.261. The zero-order valence-corrected chi connectivity index (χ0v) is 15.1. The Morgan fingerprint density at radius 2 is 1.67 bits per heavy atom. The van der Waals surface area contributed by atoms with Crippen LogP contribution in [0.5, 0.6) is 0 Å². The summed E-state index contributed by atoms with van der Waals surface area (Å²) in [5, 5.41) is 2.57. The summed E-state index contributed by atoms with van der Waals surface area (Å²) in [7, 11) is 0. The van der Waals surface area contributed by atoms with Crippen molar-refractivity contribution in [3.63, 3.8) is 0 Å². The fourth-order valence-electron chi connectivity index (χ4n) is 3.17. The van der Waals surface area contributed by atoms with Crippen molar-refractivity contribution in [1.29, 1.82) is 0 Å². The lowest BCUT2D eigenvalue weighted by Gasteiger charge is -2.10. The molecule has 0 saturated heterocycles. The maximum absolute atomic E-state index is 4.69. The van der Waals surface area contributed by atoms with Crippen LogP contribution in [-0.4, -0.2) is 12.3 Å². The molecule has 0 fully saturated rings. The lowest BCUT2D eigenvalue weighted by atomic mass is 9.95. The van der Waals surface area contributed by atoms with Crippen molar-refractivity contribution in [2.75, 3.05) is 6.54 Å². The van der Waals surface area contributed by atoms with Crippen molar-refractivity contribution < 1.29 is 0 Å². The standard InChI is InChI=1S/C23H25N/c1-5-11-24-18(4)23-15-22-14-21(10-9-20(22)13-17(23)3)19-8-6-7-16(2)12-19/h6-10,12-15H,5,11H2,1-4H3. The first-order chi connectivity index (χ1) is 11.6. The van der Waals surface area contributed by atoms with Crippen LogP contribution in [0.4, 0.5) is 0 Å². The van der Waals surface area contributed by atoms with E-state index in [0.717, 1.165) is 18.7 Å². The Morgan fingerprint density at radius 1 is 0.875 bits per heavy atom. The Hall–Kier alpha value is -2.41. The van der Waals surface area contributed by atoms with Gasteiger partial charge in [0.25, 0.3) is 0 Å². The highest BCUT2D eigenvalue weighted by Crippen LogP contribution is 2.27. The average molecular weight is 315 g/mol. The molecule has 0 bridgehead atoms. The summed E-state index contributed by atoms with van der Waals surface area (Å²) >= 11 is 0. The smallest absolute Gasteiger partial charge is 0.0392 e. The first kappa shape index (κ1) is 16.4. The van der Waals surface area contributed by atoms with E-state index in [1.54, 1.807) is 0 Å². The minimum absolute atomic E-state index is 0.895. The topological polar surface area (TPSA) is 12.4 Å². The molecule has 1 heteroatoms. The molecule has 0 atom stereocenters. The van der Waals surface area contributed by atoms with Crippen LogP contribution in [0.1, 0.15) is 37.0 Å². The second-order valence-corrected chi connectivity index (χ2v) is 6.57. The molecule has 0 heterocycles. The molecule has 0 aromatic heterocycles. The second-order valence-electron chi connectivity index (χ2n) is 6.57. The number of hydrogen-bond acceptors (Lipinski definition) is 1. The maximum Gasteiger partial charge on any atom is 0.0392 e. The Balaban J connectivity index is 2.10. The van der Waals surface area contributed by atoms with E-state index in [2.05, 4.69) is 87.3 Å². The van der Waals surface area contributed by atoms with Gasteiger partial charge in [-0.05, 0) is 72.4 Å². The zero-order chi connectivity index (χ0) is 17.1. The number of fused-ring (bicyclic) bond motifs is 1.